The largest absolute Gasteiger partial charge is 0.446 e. The minimum Gasteiger partial charge on any atom is -0.446 e. The van der Waals surface area contributed by atoms with Gasteiger partial charge in [0.2, 0.25) is 0 Å². The van der Waals surface area contributed by atoms with E-state index in [0.717, 1.165) is 44.2 Å². The summed E-state index contributed by atoms with van der Waals surface area (Å²) in [6.45, 7) is 12.0. The molecular weight excluding hydrogens is 676 g/mol. The predicted octanol–water partition coefficient (Wildman–Crippen LogP) is 8.67. The van der Waals surface area contributed by atoms with E-state index in [1.165, 1.54) is 6.07 Å². The summed E-state index contributed by atoms with van der Waals surface area (Å²) in [5, 5.41) is 24.0. The maximum Gasteiger partial charge on any atom is 0.410 e. The van der Waals surface area contributed by atoms with Crippen molar-refractivity contribution in [1.29, 1.82) is 0 Å². The topological polar surface area (TPSA) is 96.3 Å². The smallest absolute Gasteiger partial charge is 0.410 e. The van der Waals surface area contributed by atoms with E-state index in [9.17, 15) is 28.6 Å². The van der Waals surface area contributed by atoms with Crippen LogP contribution < -0.4 is 0 Å². The fourth-order valence-corrected chi connectivity index (χ4v) is 12.8. The number of halogens is 2. The molecule has 11 atom stereocenters. The van der Waals surface area contributed by atoms with Crippen LogP contribution in [-0.4, -0.2) is 71.6 Å². The maximum absolute atomic E-state index is 14.7. The van der Waals surface area contributed by atoms with Crippen molar-refractivity contribution in [2.75, 3.05) is 26.8 Å². The third-order valence-electron chi connectivity index (χ3n) is 15.8. The normalized spacial score (nSPS) is 41.4. The summed E-state index contributed by atoms with van der Waals surface area (Å²) in [6, 6.07) is 3.37. The van der Waals surface area contributed by atoms with Crippen molar-refractivity contribution in [2.45, 2.75) is 123 Å². The summed E-state index contributed by atoms with van der Waals surface area (Å²) in [6.07, 6.45) is 13.6. The Labute approximate surface area is 314 Å². The number of amides is 1. The molecule has 1 amide bonds. The van der Waals surface area contributed by atoms with Crippen molar-refractivity contribution in [3.05, 3.63) is 59.2 Å². The van der Waals surface area contributed by atoms with E-state index >= 15 is 0 Å². The van der Waals surface area contributed by atoms with Crippen molar-refractivity contribution in [1.82, 2.24) is 4.90 Å². The van der Waals surface area contributed by atoms with Gasteiger partial charge in [-0.3, -0.25) is 4.79 Å². The molecule has 7 aliphatic rings. The molecule has 2 spiro atoms. The fourth-order valence-electron chi connectivity index (χ4n) is 12.8. The number of rotatable bonds is 10. The first-order chi connectivity index (χ1) is 25.0. The molecular formula is C44H61F2NO6. The van der Waals surface area contributed by atoms with Crippen molar-refractivity contribution in [3.63, 3.8) is 0 Å². The van der Waals surface area contributed by atoms with E-state index in [1.54, 1.807) is 12.0 Å². The number of hydrogen-bond donors (Lipinski definition) is 2. The molecule has 7 aliphatic carbocycles. The number of nitrogens with zero attached hydrogens (tertiary/aromatic N) is 1. The molecule has 7 nitrogen and oxygen atoms in total. The minimum atomic E-state index is -1.26. The molecule has 4 fully saturated rings. The fraction of sp³-hybridized carbons (Fsp3) is 0.727. The van der Waals surface area contributed by atoms with Crippen LogP contribution in [0.4, 0.5) is 13.6 Å². The number of benzene rings is 1. The second-order valence-electron chi connectivity index (χ2n) is 18.8. The summed E-state index contributed by atoms with van der Waals surface area (Å²) < 4.78 is 40.5. The molecule has 0 radical (unpaired) electrons. The van der Waals surface area contributed by atoms with E-state index in [-0.39, 0.29) is 53.3 Å². The van der Waals surface area contributed by atoms with E-state index in [1.807, 2.05) is 0 Å². The van der Waals surface area contributed by atoms with Crippen LogP contribution in [0.25, 0.3) is 0 Å². The predicted molar refractivity (Wildman–Crippen MR) is 199 cm³/mol. The zero-order chi connectivity index (χ0) is 38.1. The van der Waals surface area contributed by atoms with E-state index in [0.29, 0.717) is 69.1 Å². The average Bonchev–Trinajstić information content (AvgIpc) is 3.38. The molecule has 0 saturated heterocycles. The molecule has 0 aliphatic heterocycles. The van der Waals surface area contributed by atoms with Gasteiger partial charge in [-0.1, -0.05) is 59.3 Å². The standard InChI is InChI=1S/C44H61F2NO6/c1-27(2)31-10-8-28(3)22-35(31)53-39(50)47(20-7-21-52-6)26-43(51)17-14-37-41(43,5)16-13-36-40(4)15-12-30(48)24-42(40)18-19-44(36,37)32(25-42)38(49)29-9-11-33(45)34(46)23-29/h9,11,18-19,23,25,27-28,30-31,35-37,48,51H,7-8,10,12-17,20-22,24,26H2,1-6H3. The average molecular weight is 738 g/mol. The van der Waals surface area contributed by atoms with Gasteiger partial charge < -0.3 is 24.6 Å². The molecule has 4 saturated carbocycles. The maximum atomic E-state index is 14.7. The number of Topliss-reactive ketones (excluding diaryl/α,β-unsaturated/α-hetero) is 1. The number of fused-ring (bicyclic) bond motifs is 1. The van der Waals surface area contributed by atoms with Gasteiger partial charge in [0.05, 0.1) is 18.2 Å². The van der Waals surface area contributed by atoms with E-state index < -0.39 is 39.6 Å². The molecule has 8 rings (SSSR count). The number of aliphatic hydroxyl groups excluding tert-OH is 1. The summed E-state index contributed by atoms with van der Waals surface area (Å²) in [5.74, 6) is -1.35. The van der Waals surface area contributed by atoms with Crippen LogP contribution in [0, 0.1) is 62.9 Å². The van der Waals surface area contributed by atoms with Gasteiger partial charge in [-0.15, -0.1) is 0 Å². The summed E-state index contributed by atoms with van der Waals surface area (Å²) in [7, 11) is 1.64. The molecule has 0 aromatic heterocycles. The van der Waals surface area contributed by atoms with Gasteiger partial charge in [-0.25, -0.2) is 13.6 Å². The molecule has 0 heterocycles. The number of carbonyl (C=O) groups excluding carboxylic acids is 2. The van der Waals surface area contributed by atoms with Crippen molar-refractivity contribution in [3.8, 4) is 0 Å². The van der Waals surface area contributed by atoms with Crippen LogP contribution in [0.15, 0.2) is 42.0 Å². The number of carbonyl (C=O) groups is 2. The number of methoxy groups -OCH3 is 1. The zero-order valence-electron chi connectivity index (χ0n) is 32.6. The molecule has 2 N–H and O–H groups in total. The molecule has 2 bridgehead atoms. The molecule has 9 heteroatoms. The minimum absolute atomic E-state index is 0.0474. The Kier molecular flexibility index (Phi) is 10.1. The summed E-state index contributed by atoms with van der Waals surface area (Å²) in [5.41, 5.74) is -2.81. The van der Waals surface area contributed by atoms with Gasteiger partial charge in [-0.2, -0.15) is 0 Å². The lowest BCUT2D eigenvalue weighted by Gasteiger charge is -2.71. The third kappa shape index (κ3) is 5.96. The Balaban J connectivity index is 1.25. The number of ketones is 1. The third-order valence-corrected chi connectivity index (χ3v) is 15.8. The van der Waals surface area contributed by atoms with Gasteiger partial charge in [0.15, 0.2) is 17.4 Å². The second kappa shape index (κ2) is 13.8. The van der Waals surface area contributed by atoms with Gasteiger partial charge in [-0.05, 0) is 117 Å². The lowest BCUT2D eigenvalue weighted by molar-refractivity contribution is -0.175. The number of ether oxygens (including phenoxy) is 2. The van der Waals surface area contributed by atoms with Crippen LogP contribution in [-0.2, 0) is 9.47 Å². The van der Waals surface area contributed by atoms with Crippen LogP contribution in [0.5, 0.6) is 0 Å². The first-order valence-corrected chi connectivity index (χ1v) is 20.3. The number of aliphatic hydroxyl groups is 2. The lowest BCUT2D eigenvalue weighted by atomic mass is 9.32. The Bertz CT molecular complexity index is 1660. The van der Waals surface area contributed by atoms with Gasteiger partial charge in [0, 0.05) is 47.6 Å². The van der Waals surface area contributed by atoms with Gasteiger partial charge in [0.1, 0.15) is 6.10 Å². The van der Waals surface area contributed by atoms with Crippen LogP contribution in [0.3, 0.4) is 0 Å². The highest BCUT2D eigenvalue weighted by atomic mass is 19.2. The van der Waals surface area contributed by atoms with Gasteiger partial charge >= 0.3 is 6.09 Å². The number of allylic oxidation sites excluding steroid dienone is 4. The van der Waals surface area contributed by atoms with Crippen LogP contribution in [0.2, 0.25) is 0 Å². The Hall–Kier alpha value is -2.62. The zero-order valence-corrected chi connectivity index (χ0v) is 32.6. The van der Waals surface area contributed by atoms with Crippen LogP contribution in [0.1, 0.15) is 116 Å². The number of hydrogen-bond acceptors (Lipinski definition) is 6. The highest BCUT2D eigenvalue weighted by Gasteiger charge is 2.74. The first-order valence-electron chi connectivity index (χ1n) is 20.3. The first kappa shape index (κ1) is 38.6. The van der Waals surface area contributed by atoms with E-state index in [2.05, 4.69) is 52.8 Å². The quantitative estimate of drug-likeness (QED) is 0.142. The highest BCUT2D eigenvalue weighted by Crippen LogP contribution is 2.78. The molecule has 11 unspecified atom stereocenters. The van der Waals surface area contributed by atoms with Crippen LogP contribution >= 0.6 is 0 Å². The highest BCUT2D eigenvalue weighted by molar-refractivity contribution is 6.10. The lowest BCUT2D eigenvalue weighted by Crippen LogP contribution is -2.67. The monoisotopic (exact) mass is 737 g/mol. The molecule has 53 heavy (non-hydrogen) atoms. The Morgan fingerprint density at radius 3 is 2.42 bits per heavy atom. The van der Waals surface area contributed by atoms with E-state index in [4.69, 9.17) is 9.47 Å². The Morgan fingerprint density at radius 2 is 1.70 bits per heavy atom. The van der Waals surface area contributed by atoms with Gasteiger partial charge in [0.25, 0.3) is 0 Å². The van der Waals surface area contributed by atoms with Crippen molar-refractivity contribution >= 4 is 11.9 Å². The second-order valence-corrected chi connectivity index (χ2v) is 18.8. The van der Waals surface area contributed by atoms with Crippen molar-refractivity contribution < 1.29 is 38.1 Å². The summed E-state index contributed by atoms with van der Waals surface area (Å²) >= 11 is 0. The molecule has 292 valence electrons. The van der Waals surface area contributed by atoms with Crippen molar-refractivity contribution in [2.24, 2.45) is 51.2 Å². The Morgan fingerprint density at radius 1 is 0.981 bits per heavy atom. The summed E-state index contributed by atoms with van der Waals surface area (Å²) in [4.78, 5) is 30.6. The SMILES string of the molecule is COCCCN(CC1(O)CCC2C34C=CC5(C=C3C(=O)c3ccc(F)c(F)c3)CC(O)CCC5(C)C4CCC21C)C(=O)OC1CC(C)CCC1C(C)C. The molecule has 1 aromatic carbocycles. The molecule has 1 aromatic rings.